The Morgan fingerprint density at radius 1 is 0.931 bits per heavy atom. The van der Waals surface area contributed by atoms with Crippen LogP contribution < -0.4 is 9.47 Å². The summed E-state index contributed by atoms with van der Waals surface area (Å²) < 4.78 is 39.9. The highest BCUT2D eigenvalue weighted by molar-refractivity contribution is 5.39. The first-order chi connectivity index (χ1) is 13.9. The summed E-state index contributed by atoms with van der Waals surface area (Å²) in [4.78, 5) is 0. The van der Waals surface area contributed by atoms with Crippen LogP contribution in [-0.4, -0.2) is 64.4 Å². The minimum Gasteiger partial charge on any atom is -0.462 e. The van der Waals surface area contributed by atoms with E-state index in [2.05, 4.69) is 4.74 Å². The average molecular weight is 412 g/mol. The van der Waals surface area contributed by atoms with Crippen molar-refractivity contribution in [3.63, 3.8) is 0 Å². The molecule has 7 nitrogen and oxygen atoms in total. The van der Waals surface area contributed by atoms with Gasteiger partial charge in [0.1, 0.15) is 35.9 Å². The van der Waals surface area contributed by atoms with E-state index >= 15 is 0 Å². The number of hydrogen-bond acceptors (Lipinski definition) is 7. The maximum absolute atomic E-state index is 12.3. The average Bonchev–Trinajstić information content (AvgIpc) is 2.71. The number of hydrogen-bond donors (Lipinski definition) is 4. The van der Waals surface area contributed by atoms with Crippen LogP contribution in [0, 0.1) is 0 Å². The smallest absolute Gasteiger partial charge is 0.387 e. The number of ether oxygens (including phenoxy) is 3. The molecule has 1 aliphatic heterocycles. The van der Waals surface area contributed by atoms with Gasteiger partial charge in [-0.25, -0.2) is 0 Å². The fraction of sp³-hybridized carbons (Fsp3) is 0.400. The van der Waals surface area contributed by atoms with E-state index in [0.717, 1.165) is 5.56 Å². The number of benzene rings is 2. The van der Waals surface area contributed by atoms with Crippen molar-refractivity contribution in [2.75, 3.05) is 6.61 Å². The van der Waals surface area contributed by atoms with Crippen molar-refractivity contribution in [3.05, 3.63) is 59.7 Å². The number of rotatable bonds is 7. The van der Waals surface area contributed by atoms with Gasteiger partial charge in [0.05, 0.1) is 6.61 Å². The molecule has 4 N–H and O–H groups in total. The monoisotopic (exact) mass is 412 g/mol. The van der Waals surface area contributed by atoms with Crippen molar-refractivity contribution in [2.45, 2.75) is 43.7 Å². The Balaban J connectivity index is 1.73. The molecule has 0 bridgehead atoms. The molecule has 0 spiro atoms. The Bertz CT molecular complexity index is 785. The van der Waals surface area contributed by atoms with Crippen LogP contribution in [0.15, 0.2) is 48.5 Å². The standard InChI is InChI=1S/C20H22F2O7/c21-20(22)27-13-7-5-11(6-8-13)9-12-3-1-2-4-14(12)28-19-18(26)17(25)16(24)15(10-23)29-19/h1-8,15-20,23-26H,9-10H2/t15-,16-,17+,18-,19-/m1/s1. The summed E-state index contributed by atoms with van der Waals surface area (Å²) in [6.45, 7) is -3.45. The number of halogens is 2. The molecular weight excluding hydrogens is 390 g/mol. The quantitative estimate of drug-likeness (QED) is 0.539. The lowest BCUT2D eigenvalue weighted by Crippen LogP contribution is -2.60. The van der Waals surface area contributed by atoms with Crippen LogP contribution in [0.3, 0.4) is 0 Å². The molecule has 29 heavy (non-hydrogen) atoms. The Kier molecular flexibility index (Phi) is 6.99. The predicted octanol–water partition coefficient (Wildman–Crippen LogP) is 1.06. The van der Waals surface area contributed by atoms with Gasteiger partial charge in [-0.1, -0.05) is 30.3 Å². The van der Waals surface area contributed by atoms with Crippen LogP contribution in [0.5, 0.6) is 11.5 Å². The minimum absolute atomic E-state index is 0.0506. The van der Waals surface area contributed by atoms with Gasteiger partial charge in [-0.3, -0.25) is 0 Å². The van der Waals surface area contributed by atoms with E-state index in [1.165, 1.54) is 12.1 Å². The largest absolute Gasteiger partial charge is 0.462 e. The van der Waals surface area contributed by atoms with Gasteiger partial charge in [0, 0.05) is 6.42 Å². The first-order valence-corrected chi connectivity index (χ1v) is 8.98. The van der Waals surface area contributed by atoms with Crippen LogP contribution in [0.1, 0.15) is 11.1 Å². The highest BCUT2D eigenvalue weighted by Gasteiger charge is 2.44. The molecule has 0 aliphatic carbocycles. The van der Waals surface area contributed by atoms with Crippen LogP contribution in [0.25, 0.3) is 0 Å². The van der Waals surface area contributed by atoms with Crippen LogP contribution in [0.2, 0.25) is 0 Å². The van der Waals surface area contributed by atoms with E-state index in [-0.39, 0.29) is 5.75 Å². The number of aliphatic hydroxyl groups excluding tert-OH is 4. The SMILES string of the molecule is OC[C@H]1O[C@@H](Oc2ccccc2Cc2ccc(OC(F)F)cc2)[C@H](O)[C@@H](O)[C@@H]1O. The van der Waals surface area contributed by atoms with Crippen molar-refractivity contribution in [2.24, 2.45) is 0 Å². The topological polar surface area (TPSA) is 109 Å². The summed E-state index contributed by atoms with van der Waals surface area (Å²) in [5, 5.41) is 39.2. The minimum atomic E-state index is -2.89. The molecule has 5 atom stereocenters. The first kappa shape index (κ1) is 21.4. The fourth-order valence-corrected chi connectivity index (χ4v) is 3.06. The van der Waals surface area contributed by atoms with Gasteiger partial charge in [-0.15, -0.1) is 0 Å². The third-order valence-corrected chi connectivity index (χ3v) is 4.61. The third kappa shape index (κ3) is 5.20. The molecule has 2 aromatic carbocycles. The molecule has 0 saturated carbocycles. The molecule has 1 fully saturated rings. The number of alkyl halides is 2. The van der Waals surface area contributed by atoms with Crippen molar-refractivity contribution >= 4 is 0 Å². The van der Waals surface area contributed by atoms with Gasteiger partial charge in [0.15, 0.2) is 0 Å². The van der Waals surface area contributed by atoms with E-state index in [1.54, 1.807) is 36.4 Å². The maximum atomic E-state index is 12.3. The zero-order valence-electron chi connectivity index (χ0n) is 15.3. The normalized spacial score (nSPS) is 27.1. The summed E-state index contributed by atoms with van der Waals surface area (Å²) in [6, 6.07) is 13.1. The second kappa shape index (κ2) is 9.47. The highest BCUT2D eigenvalue weighted by atomic mass is 19.3. The summed E-state index contributed by atoms with van der Waals surface area (Å²) in [7, 11) is 0. The molecule has 0 aromatic heterocycles. The van der Waals surface area contributed by atoms with Crippen molar-refractivity contribution in [1.29, 1.82) is 0 Å². The maximum Gasteiger partial charge on any atom is 0.387 e. The molecule has 1 saturated heterocycles. The molecule has 1 heterocycles. The number of para-hydroxylation sites is 1. The second-order valence-corrected chi connectivity index (χ2v) is 6.62. The molecule has 158 valence electrons. The van der Waals surface area contributed by atoms with Crippen LogP contribution in [-0.2, 0) is 11.2 Å². The predicted molar refractivity (Wildman–Crippen MR) is 96.7 cm³/mol. The van der Waals surface area contributed by atoms with E-state index in [0.29, 0.717) is 17.7 Å². The van der Waals surface area contributed by atoms with Crippen molar-refractivity contribution in [1.82, 2.24) is 0 Å². The molecule has 0 amide bonds. The van der Waals surface area contributed by atoms with Crippen LogP contribution in [0.4, 0.5) is 8.78 Å². The lowest BCUT2D eigenvalue weighted by molar-refractivity contribution is -0.277. The molecule has 2 aromatic rings. The number of aliphatic hydroxyl groups is 4. The first-order valence-electron chi connectivity index (χ1n) is 8.98. The molecule has 0 unspecified atom stereocenters. The Morgan fingerprint density at radius 2 is 1.62 bits per heavy atom. The lowest BCUT2D eigenvalue weighted by Gasteiger charge is -2.39. The fourth-order valence-electron chi connectivity index (χ4n) is 3.06. The molecule has 9 heteroatoms. The Labute approximate surface area is 165 Å². The van der Waals surface area contributed by atoms with Gasteiger partial charge in [0.25, 0.3) is 0 Å². The van der Waals surface area contributed by atoms with Crippen molar-refractivity contribution < 1.29 is 43.4 Å². The zero-order chi connectivity index (χ0) is 21.0. The van der Waals surface area contributed by atoms with E-state index in [9.17, 15) is 29.2 Å². The zero-order valence-corrected chi connectivity index (χ0v) is 15.3. The molecule has 1 aliphatic rings. The van der Waals surface area contributed by atoms with E-state index in [1.807, 2.05) is 0 Å². The second-order valence-electron chi connectivity index (χ2n) is 6.62. The van der Waals surface area contributed by atoms with Crippen LogP contribution >= 0.6 is 0 Å². The summed E-state index contributed by atoms with van der Waals surface area (Å²) >= 11 is 0. The van der Waals surface area contributed by atoms with E-state index in [4.69, 9.17) is 9.47 Å². The summed E-state index contributed by atoms with van der Waals surface area (Å²) in [6.07, 6.45) is -6.52. The summed E-state index contributed by atoms with van der Waals surface area (Å²) in [5.41, 5.74) is 1.52. The Hall–Kier alpha value is -2.30. The summed E-state index contributed by atoms with van der Waals surface area (Å²) in [5.74, 6) is 0.416. The van der Waals surface area contributed by atoms with Gasteiger partial charge < -0.3 is 34.6 Å². The molecular formula is C20H22F2O7. The highest BCUT2D eigenvalue weighted by Crippen LogP contribution is 2.28. The van der Waals surface area contributed by atoms with Gasteiger partial charge in [-0.2, -0.15) is 8.78 Å². The third-order valence-electron chi connectivity index (χ3n) is 4.61. The van der Waals surface area contributed by atoms with Gasteiger partial charge in [-0.05, 0) is 29.3 Å². The molecule has 3 rings (SSSR count). The van der Waals surface area contributed by atoms with E-state index < -0.39 is 43.9 Å². The molecule has 0 radical (unpaired) electrons. The lowest BCUT2D eigenvalue weighted by atomic mass is 9.99. The Morgan fingerprint density at radius 3 is 2.28 bits per heavy atom. The van der Waals surface area contributed by atoms with Gasteiger partial charge in [0.2, 0.25) is 6.29 Å². The van der Waals surface area contributed by atoms with Crippen molar-refractivity contribution in [3.8, 4) is 11.5 Å². The van der Waals surface area contributed by atoms with Gasteiger partial charge >= 0.3 is 6.61 Å².